The van der Waals surface area contributed by atoms with E-state index in [4.69, 9.17) is 0 Å². The average Bonchev–Trinajstić information content (AvgIpc) is 2.95. The fourth-order valence-electron chi connectivity index (χ4n) is 9.57. The van der Waals surface area contributed by atoms with Crippen molar-refractivity contribution in [2.24, 2.45) is 46.3 Å². The minimum atomic E-state index is -1.22. The molecule has 0 aliphatic heterocycles. The lowest BCUT2D eigenvalue weighted by Crippen LogP contribution is -2.68. The van der Waals surface area contributed by atoms with Crippen molar-refractivity contribution < 1.29 is 30.6 Å². The van der Waals surface area contributed by atoms with Crippen LogP contribution in [0.5, 0.6) is 0 Å². The van der Waals surface area contributed by atoms with E-state index in [0.717, 1.165) is 38.5 Å². The van der Waals surface area contributed by atoms with Gasteiger partial charge in [0.15, 0.2) is 0 Å². The SMILES string of the molecule is C[C@@H](CO)CCC[C@@H](C)[C@H]1[C@@H](O)[C@H](O)[C@@H]2[C@]1(C)CC[C@H]1[C@@]2(O)C[C@H](O)C2C[C@@H](O)CC[C@@]21C. The molecule has 6 nitrogen and oxygen atoms in total. The van der Waals surface area contributed by atoms with Crippen LogP contribution in [0.1, 0.15) is 85.5 Å². The fourth-order valence-corrected chi connectivity index (χ4v) is 9.57. The summed E-state index contributed by atoms with van der Waals surface area (Å²) >= 11 is 0. The lowest BCUT2D eigenvalue weighted by molar-refractivity contribution is -0.264. The molecule has 4 aliphatic carbocycles. The van der Waals surface area contributed by atoms with E-state index in [1.54, 1.807) is 0 Å². The number of hydrogen-bond acceptors (Lipinski definition) is 6. The Hall–Kier alpha value is -0.240. The van der Waals surface area contributed by atoms with Crippen molar-refractivity contribution in [2.45, 2.75) is 115 Å². The number of hydrogen-bond donors (Lipinski definition) is 6. The molecule has 4 fully saturated rings. The van der Waals surface area contributed by atoms with Gasteiger partial charge in [-0.15, -0.1) is 0 Å². The van der Waals surface area contributed by atoms with Crippen LogP contribution in [0.3, 0.4) is 0 Å². The van der Waals surface area contributed by atoms with Gasteiger partial charge in [-0.1, -0.05) is 40.5 Å². The predicted octanol–water partition coefficient (Wildman–Crippen LogP) is 2.47. The summed E-state index contributed by atoms with van der Waals surface area (Å²) in [4.78, 5) is 0. The van der Waals surface area contributed by atoms with Crippen LogP contribution in [-0.4, -0.2) is 67.3 Å². The topological polar surface area (TPSA) is 121 Å². The highest BCUT2D eigenvalue weighted by Crippen LogP contribution is 2.69. The van der Waals surface area contributed by atoms with Gasteiger partial charge in [0, 0.05) is 18.9 Å². The molecule has 6 heteroatoms. The molecular formula is C27H48O6. The van der Waals surface area contributed by atoms with Crippen LogP contribution in [0.4, 0.5) is 0 Å². The largest absolute Gasteiger partial charge is 0.396 e. The minimum Gasteiger partial charge on any atom is -0.396 e. The third-order valence-electron chi connectivity index (χ3n) is 11.1. The molecule has 0 bridgehead atoms. The maximum absolute atomic E-state index is 12.3. The van der Waals surface area contributed by atoms with Gasteiger partial charge in [-0.3, -0.25) is 0 Å². The standard InChI is InChI=1S/C27H48O6/c1-15(14-28)6-5-7-16(2)21-22(31)23(32)24-26(21,4)11-9-20-25(3)10-8-17(29)12-18(25)19(30)13-27(20,24)33/h15-24,28-33H,5-14H2,1-4H3/t15-,16-,17+,18?,19+,20-,21+,22-,23+,24-,25+,26-,27+/m1/s1. The van der Waals surface area contributed by atoms with Crippen molar-refractivity contribution in [3.63, 3.8) is 0 Å². The summed E-state index contributed by atoms with van der Waals surface area (Å²) < 4.78 is 0. The Kier molecular flexibility index (Phi) is 7.05. The Morgan fingerprint density at radius 3 is 2.24 bits per heavy atom. The van der Waals surface area contributed by atoms with Gasteiger partial charge in [0.2, 0.25) is 0 Å². The van der Waals surface area contributed by atoms with E-state index in [2.05, 4.69) is 20.8 Å². The first-order valence-corrected chi connectivity index (χ1v) is 13.5. The normalized spacial score (nSPS) is 53.6. The van der Waals surface area contributed by atoms with E-state index >= 15 is 0 Å². The Morgan fingerprint density at radius 1 is 0.909 bits per heavy atom. The molecule has 0 radical (unpaired) electrons. The first kappa shape index (κ1) is 25.8. The molecule has 0 saturated heterocycles. The summed E-state index contributed by atoms with van der Waals surface area (Å²) in [5, 5.41) is 65.7. The smallest absolute Gasteiger partial charge is 0.0863 e. The summed E-state index contributed by atoms with van der Waals surface area (Å²) in [5.41, 5.74) is -1.90. The van der Waals surface area contributed by atoms with E-state index in [-0.39, 0.29) is 48.0 Å². The van der Waals surface area contributed by atoms with E-state index in [1.807, 2.05) is 6.92 Å². The van der Waals surface area contributed by atoms with Gasteiger partial charge >= 0.3 is 0 Å². The lowest BCUT2D eigenvalue weighted by atomic mass is 9.42. The molecule has 4 rings (SSSR count). The summed E-state index contributed by atoms with van der Waals surface area (Å²) in [7, 11) is 0. The molecule has 4 saturated carbocycles. The second kappa shape index (κ2) is 9.01. The Labute approximate surface area is 199 Å². The van der Waals surface area contributed by atoms with Crippen LogP contribution < -0.4 is 0 Å². The molecule has 1 unspecified atom stereocenters. The van der Waals surface area contributed by atoms with Crippen molar-refractivity contribution in [2.75, 3.05) is 6.61 Å². The summed E-state index contributed by atoms with van der Waals surface area (Å²) in [6, 6.07) is 0. The highest BCUT2D eigenvalue weighted by molar-refractivity contribution is 5.21. The summed E-state index contributed by atoms with van der Waals surface area (Å²) in [6.45, 7) is 8.70. The van der Waals surface area contributed by atoms with Crippen molar-refractivity contribution >= 4 is 0 Å². The molecule has 0 aromatic rings. The van der Waals surface area contributed by atoms with Crippen molar-refractivity contribution in [3.05, 3.63) is 0 Å². The van der Waals surface area contributed by atoms with Crippen molar-refractivity contribution in [1.82, 2.24) is 0 Å². The lowest BCUT2D eigenvalue weighted by Gasteiger charge is -2.65. The van der Waals surface area contributed by atoms with E-state index < -0.39 is 41.3 Å². The molecule has 0 heterocycles. The van der Waals surface area contributed by atoms with Crippen LogP contribution >= 0.6 is 0 Å². The maximum Gasteiger partial charge on any atom is 0.0863 e. The van der Waals surface area contributed by atoms with Gasteiger partial charge in [-0.2, -0.15) is 0 Å². The first-order valence-electron chi connectivity index (χ1n) is 13.5. The van der Waals surface area contributed by atoms with E-state index in [0.29, 0.717) is 12.8 Å². The predicted molar refractivity (Wildman–Crippen MR) is 126 cm³/mol. The van der Waals surface area contributed by atoms with E-state index in [1.165, 1.54) is 0 Å². The van der Waals surface area contributed by atoms with Crippen LogP contribution in [0.15, 0.2) is 0 Å². The minimum absolute atomic E-state index is 0.0393. The zero-order chi connectivity index (χ0) is 24.3. The molecular weight excluding hydrogens is 420 g/mol. The number of aliphatic hydroxyl groups excluding tert-OH is 5. The van der Waals surface area contributed by atoms with Gasteiger partial charge in [0.1, 0.15) is 0 Å². The number of fused-ring (bicyclic) bond motifs is 5. The maximum atomic E-state index is 12.3. The average molecular weight is 469 g/mol. The Morgan fingerprint density at radius 2 is 1.58 bits per heavy atom. The van der Waals surface area contributed by atoms with Crippen LogP contribution in [-0.2, 0) is 0 Å². The van der Waals surface area contributed by atoms with Crippen molar-refractivity contribution in [1.29, 1.82) is 0 Å². The second-order valence-corrected chi connectivity index (χ2v) is 13.1. The zero-order valence-electron chi connectivity index (χ0n) is 21.0. The first-order chi connectivity index (χ1) is 15.4. The van der Waals surface area contributed by atoms with Gasteiger partial charge in [-0.25, -0.2) is 0 Å². The summed E-state index contributed by atoms with van der Waals surface area (Å²) in [5.74, 6) is -0.211. The van der Waals surface area contributed by atoms with Gasteiger partial charge < -0.3 is 30.6 Å². The zero-order valence-corrected chi connectivity index (χ0v) is 21.0. The van der Waals surface area contributed by atoms with Crippen LogP contribution in [0.25, 0.3) is 0 Å². The van der Waals surface area contributed by atoms with Gasteiger partial charge in [0.25, 0.3) is 0 Å². The highest BCUT2D eigenvalue weighted by atomic mass is 16.3. The van der Waals surface area contributed by atoms with Crippen LogP contribution in [0, 0.1) is 46.3 Å². The fraction of sp³-hybridized carbons (Fsp3) is 1.00. The molecule has 0 aromatic carbocycles. The van der Waals surface area contributed by atoms with Gasteiger partial charge in [-0.05, 0) is 78.9 Å². The molecule has 0 spiro atoms. The molecule has 0 aromatic heterocycles. The molecule has 13 atom stereocenters. The van der Waals surface area contributed by atoms with Crippen LogP contribution in [0.2, 0.25) is 0 Å². The highest BCUT2D eigenvalue weighted by Gasteiger charge is 2.72. The molecule has 192 valence electrons. The molecule has 4 aliphatic rings. The van der Waals surface area contributed by atoms with Crippen molar-refractivity contribution in [3.8, 4) is 0 Å². The third-order valence-corrected chi connectivity index (χ3v) is 11.1. The monoisotopic (exact) mass is 468 g/mol. The Bertz CT molecular complexity index is 702. The number of aliphatic hydroxyl groups is 6. The third kappa shape index (κ3) is 3.92. The number of rotatable bonds is 6. The molecule has 0 amide bonds. The van der Waals surface area contributed by atoms with Gasteiger partial charge in [0.05, 0.1) is 30.0 Å². The van der Waals surface area contributed by atoms with E-state index in [9.17, 15) is 30.6 Å². The molecule has 33 heavy (non-hydrogen) atoms. The second-order valence-electron chi connectivity index (χ2n) is 13.1. The molecule has 6 N–H and O–H groups in total. The quantitative estimate of drug-likeness (QED) is 0.356. The Balaban J connectivity index is 1.61. The summed E-state index contributed by atoms with van der Waals surface area (Å²) in [6.07, 6.45) is 3.75.